The maximum atomic E-state index is 8.92. The van der Waals surface area contributed by atoms with Gasteiger partial charge in [-0.1, -0.05) is 38.1 Å². The van der Waals surface area contributed by atoms with Crippen LogP contribution in [0.2, 0.25) is 0 Å². The minimum atomic E-state index is 0.143. The summed E-state index contributed by atoms with van der Waals surface area (Å²) in [5, 5.41) is 8.92. The van der Waals surface area contributed by atoms with E-state index in [1.807, 2.05) is 12.1 Å². The van der Waals surface area contributed by atoms with E-state index in [-0.39, 0.29) is 6.61 Å². The molecule has 0 heterocycles. The SMILES string of the molecule is CCC(C)c1cccc(CO)c1. The molecule has 0 amide bonds. The summed E-state index contributed by atoms with van der Waals surface area (Å²) in [6.45, 7) is 4.52. The van der Waals surface area contributed by atoms with Gasteiger partial charge >= 0.3 is 0 Å². The molecular formula is C11H16O. The van der Waals surface area contributed by atoms with Gasteiger partial charge in [0.2, 0.25) is 0 Å². The monoisotopic (exact) mass is 164 g/mol. The van der Waals surface area contributed by atoms with Gasteiger partial charge in [-0.2, -0.15) is 0 Å². The van der Waals surface area contributed by atoms with Crippen LogP contribution in [0.25, 0.3) is 0 Å². The van der Waals surface area contributed by atoms with Gasteiger partial charge in [-0.3, -0.25) is 0 Å². The number of hydrogen-bond donors (Lipinski definition) is 1. The van der Waals surface area contributed by atoms with E-state index in [2.05, 4.69) is 26.0 Å². The first-order valence-corrected chi connectivity index (χ1v) is 4.47. The van der Waals surface area contributed by atoms with E-state index < -0.39 is 0 Å². The van der Waals surface area contributed by atoms with E-state index in [0.29, 0.717) is 5.92 Å². The maximum absolute atomic E-state index is 8.92. The van der Waals surface area contributed by atoms with Crippen LogP contribution in [0.1, 0.15) is 37.3 Å². The molecule has 0 saturated carbocycles. The highest BCUT2D eigenvalue weighted by Crippen LogP contribution is 2.19. The summed E-state index contributed by atoms with van der Waals surface area (Å²) >= 11 is 0. The third-order valence-corrected chi connectivity index (χ3v) is 2.32. The Morgan fingerprint density at radius 1 is 1.42 bits per heavy atom. The Bertz CT molecular complexity index is 243. The zero-order valence-electron chi connectivity index (χ0n) is 7.75. The Balaban J connectivity index is 2.86. The summed E-state index contributed by atoms with van der Waals surface area (Å²) in [5.41, 5.74) is 2.33. The van der Waals surface area contributed by atoms with E-state index in [1.54, 1.807) is 0 Å². The lowest BCUT2D eigenvalue weighted by Gasteiger charge is -2.09. The van der Waals surface area contributed by atoms with Crippen LogP contribution in [0, 0.1) is 0 Å². The largest absolute Gasteiger partial charge is 0.392 e. The fourth-order valence-corrected chi connectivity index (χ4v) is 1.23. The molecule has 1 aromatic rings. The molecule has 1 N–H and O–H groups in total. The zero-order valence-corrected chi connectivity index (χ0v) is 7.75. The Morgan fingerprint density at radius 2 is 2.17 bits per heavy atom. The van der Waals surface area contributed by atoms with E-state index in [0.717, 1.165) is 12.0 Å². The van der Waals surface area contributed by atoms with Gasteiger partial charge in [-0.15, -0.1) is 0 Å². The molecule has 0 fully saturated rings. The molecule has 0 aliphatic carbocycles. The molecule has 66 valence electrons. The highest BCUT2D eigenvalue weighted by molar-refractivity contribution is 5.25. The fourth-order valence-electron chi connectivity index (χ4n) is 1.23. The first-order valence-electron chi connectivity index (χ1n) is 4.47. The second kappa shape index (κ2) is 4.27. The summed E-state index contributed by atoms with van der Waals surface area (Å²) < 4.78 is 0. The van der Waals surface area contributed by atoms with Crippen molar-refractivity contribution in [3.63, 3.8) is 0 Å². The minimum absolute atomic E-state index is 0.143. The minimum Gasteiger partial charge on any atom is -0.392 e. The van der Waals surface area contributed by atoms with Crippen LogP contribution in [0.4, 0.5) is 0 Å². The van der Waals surface area contributed by atoms with Gasteiger partial charge in [-0.25, -0.2) is 0 Å². The average Bonchev–Trinajstić information content (AvgIpc) is 2.17. The molecule has 0 aromatic heterocycles. The molecule has 1 heteroatoms. The molecule has 0 aliphatic rings. The zero-order chi connectivity index (χ0) is 8.97. The Hall–Kier alpha value is -0.820. The topological polar surface area (TPSA) is 20.2 Å². The number of benzene rings is 1. The Kier molecular flexibility index (Phi) is 3.30. The predicted octanol–water partition coefficient (Wildman–Crippen LogP) is 2.69. The van der Waals surface area contributed by atoms with Crippen LogP contribution in [0.5, 0.6) is 0 Å². The normalized spacial score (nSPS) is 12.9. The van der Waals surface area contributed by atoms with Crippen LogP contribution in [0.15, 0.2) is 24.3 Å². The van der Waals surface area contributed by atoms with Crippen LogP contribution < -0.4 is 0 Å². The summed E-state index contributed by atoms with van der Waals surface area (Å²) in [6, 6.07) is 8.15. The third kappa shape index (κ3) is 2.08. The molecule has 1 nitrogen and oxygen atoms in total. The molecule has 1 unspecified atom stereocenters. The lowest BCUT2D eigenvalue weighted by atomic mass is 9.97. The molecule has 1 rings (SSSR count). The number of aliphatic hydroxyl groups is 1. The van der Waals surface area contributed by atoms with Crippen molar-refractivity contribution in [1.29, 1.82) is 0 Å². The lowest BCUT2D eigenvalue weighted by molar-refractivity contribution is 0.281. The second-order valence-electron chi connectivity index (χ2n) is 3.21. The average molecular weight is 164 g/mol. The van der Waals surface area contributed by atoms with Crippen LogP contribution in [-0.4, -0.2) is 5.11 Å². The van der Waals surface area contributed by atoms with Gasteiger partial charge in [0.05, 0.1) is 6.61 Å². The van der Waals surface area contributed by atoms with Crippen molar-refractivity contribution in [2.24, 2.45) is 0 Å². The first-order chi connectivity index (χ1) is 5.77. The summed E-state index contributed by atoms with van der Waals surface area (Å²) in [6.07, 6.45) is 1.15. The molecule has 1 atom stereocenters. The lowest BCUT2D eigenvalue weighted by Crippen LogP contribution is -1.92. The van der Waals surface area contributed by atoms with Gasteiger partial charge in [0.15, 0.2) is 0 Å². The van der Waals surface area contributed by atoms with Gasteiger partial charge < -0.3 is 5.11 Å². The number of aliphatic hydroxyl groups excluding tert-OH is 1. The van der Waals surface area contributed by atoms with E-state index in [9.17, 15) is 0 Å². The van der Waals surface area contributed by atoms with Crippen molar-refractivity contribution in [3.05, 3.63) is 35.4 Å². The molecule has 0 spiro atoms. The quantitative estimate of drug-likeness (QED) is 0.728. The molecule has 0 radical (unpaired) electrons. The van der Waals surface area contributed by atoms with Crippen LogP contribution >= 0.6 is 0 Å². The van der Waals surface area contributed by atoms with E-state index in [4.69, 9.17) is 5.11 Å². The number of rotatable bonds is 3. The van der Waals surface area contributed by atoms with Gasteiger partial charge in [-0.05, 0) is 23.5 Å². The van der Waals surface area contributed by atoms with Crippen molar-refractivity contribution in [3.8, 4) is 0 Å². The van der Waals surface area contributed by atoms with Gasteiger partial charge in [0.25, 0.3) is 0 Å². The Morgan fingerprint density at radius 3 is 2.75 bits per heavy atom. The molecule has 12 heavy (non-hydrogen) atoms. The molecule has 1 aromatic carbocycles. The highest BCUT2D eigenvalue weighted by atomic mass is 16.3. The molecular weight excluding hydrogens is 148 g/mol. The highest BCUT2D eigenvalue weighted by Gasteiger charge is 2.02. The van der Waals surface area contributed by atoms with Crippen molar-refractivity contribution in [2.75, 3.05) is 0 Å². The summed E-state index contributed by atoms with van der Waals surface area (Å²) in [7, 11) is 0. The molecule has 0 saturated heterocycles. The van der Waals surface area contributed by atoms with Gasteiger partial charge in [0, 0.05) is 0 Å². The van der Waals surface area contributed by atoms with Crippen molar-refractivity contribution < 1.29 is 5.11 Å². The van der Waals surface area contributed by atoms with Gasteiger partial charge in [0.1, 0.15) is 0 Å². The predicted molar refractivity (Wildman–Crippen MR) is 51.1 cm³/mol. The standard InChI is InChI=1S/C11H16O/c1-3-9(2)11-6-4-5-10(7-11)8-12/h4-7,9,12H,3,8H2,1-2H3. The Labute approximate surface area is 74.1 Å². The first kappa shape index (κ1) is 9.27. The van der Waals surface area contributed by atoms with Crippen LogP contribution in [0.3, 0.4) is 0 Å². The molecule has 0 bridgehead atoms. The summed E-state index contributed by atoms with van der Waals surface area (Å²) in [4.78, 5) is 0. The van der Waals surface area contributed by atoms with Crippen molar-refractivity contribution >= 4 is 0 Å². The summed E-state index contributed by atoms with van der Waals surface area (Å²) in [5.74, 6) is 0.594. The van der Waals surface area contributed by atoms with Crippen molar-refractivity contribution in [1.82, 2.24) is 0 Å². The third-order valence-electron chi connectivity index (χ3n) is 2.32. The van der Waals surface area contributed by atoms with E-state index >= 15 is 0 Å². The fraction of sp³-hybridized carbons (Fsp3) is 0.455. The van der Waals surface area contributed by atoms with Crippen LogP contribution in [-0.2, 0) is 6.61 Å². The molecule has 0 aliphatic heterocycles. The smallest absolute Gasteiger partial charge is 0.0681 e. The van der Waals surface area contributed by atoms with E-state index in [1.165, 1.54) is 5.56 Å². The van der Waals surface area contributed by atoms with Crippen molar-refractivity contribution in [2.45, 2.75) is 32.8 Å². The number of hydrogen-bond acceptors (Lipinski definition) is 1. The maximum Gasteiger partial charge on any atom is 0.0681 e. The second-order valence-corrected chi connectivity index (χ2v) is 3.21.